The maximum absolute atomic E-state index is 13.1. The lowest BCUT2D eigenvalue weighted by molar-refractivity contribution is 0.123. The van der Waals surface area contributed by atoms with Gasteiger partial charge in [-0.3, -0.25) is 0 Å². The second-order valence-electron chi connectivity index (χ2n) is 6.19. The van der Waals surface area contributed by atoms with Crippen LogP contribution in [0.25, 0.3) is 10.8 Å². The van der Waals surface area contributed by atoms with Gasteiger partial charge in [-0.1, -0.05) is 42.5 Å². The van der Waals surface area contributed by atoms with E-state index in [0.717, 1.165) is 38.3 Å². The van der Waals surface area contributed by atoms with Crippen molar-refractivity contribution in [3.05, 3.63) is 77.6 Å². The first-order valence-corrected chi connectivity index (χ1v) is 8.39. The van der Waals surface area contributed by atoms with Gasteiger partial charge in [0.05, 0.1) is 13.2 Å². The summed E-state index contributed by atoms with van der Waals surface area (Å²) in [6, 6.07) is 19.7. The van der Waals surface area contributed by atoms with E-state index in [-0.39, 0.29) is 5.82 Å². The molecule has 0 atom stereocenters. The van der Waals surface area contributed by atoms with Crippen molar-refractivity contribution in [1.29, 1.82) is 0 Å². The SMILES string of the molecule is Fc1ccc(Cc2ccc(N3CCOCC3)c3ccccc23)cc1. The molecule has 0 spiro atoms. The van der Waals surface area contributed by atoms with Crippen LogP contribution in [0.15, 0.2) is 60.7 Å². The van der Waals surface area contributed by atoms with E-state index < -0.39 is 0 Å². The Morgan fingerprint density at radius 1 is 0.833 bits per heavy atom. The van der Waals surface area contributed by atoms with Crippen molar-refractivity contribution in [2.24, 2.45) is 0 Å². The van der Waals surface area contributed by atoms with Gasteiger partial charge >= 0.3 is 0 Å². The average molecular weight is 321 g/mol. The summed E-state index contributed by atoms with van der Waals surface area (Å²) in [5.41, 5.74) is 3.67. The lowest BCUT2D eigenvalue weighted by Gasteiger charge is -2.30. The molecule has 0 N–H and O–H groups in total. The molecule has 0 saturated carbocycles. The molecule has 2 nitrogen and oxygen atoms in total. The molecule has 0 bridgehead atoms. The van der Waals surface area contributed by atoms with Crippen LogP contribution in [0, 0.1) is 5.82 Å². The van der Waals surface area contributed by atoms with Crippen molar-refractivity contribution in [3.8, 4) is 0 Å². The second-order valence-corrected chi connectivity index (χ2v) is 6.19. The van der Waals surface area contributed by atoms with Crippen molar-refractivity contribution in [2.45, 2.75) is 6.42 Å². The van der Waals surface area contributed by atoms with E-state index in [4.69, 9.17) is 4.74 Å². The number of benzene rings is 3. The summed E-state index contributed by atoms with van der Waals surface area (Å²) in [6.07, 6.45) is 0.810. The Hall–Kier alpha value is -2.39. The van der Waals surface area contributed by atoms with E-state index >= 15 is 0 Å². The molecule has 4 rings (SSSR count). The highest BCUT2D eigenvalue weighted by Crippen LogP contribution is 2.31. The number of ether oxygens (including phenoxy) is 1. The van der Waals surface area contributed by atoms with Crippen LogP contribution in [0.4, 0.5) is 10.1 Å². The third-order valence-electron chi connectivity index (χ3n) is 4.65. The zero-order chi connectivity index (χ0) is 16.4. The summed E-state index contributed by atoms with van der Waals surface area (Å²) in [6.45, 7) is 3.43. The highest BCUT2D eigenvalue weighted by atomic mass is 19.1. The van der Waals surface area contributed by atoms with Gasteiger partial charge in [0.25, 0.3) is 0 Å². The molecule has 3 aromatic carbocycles. The van der Waals surface area contributed by atoms with Crippen molar-refractivity contribution in [3.63, 3.8) is 0 Å². The molecule has 1 heterocycles. The number of fused-ring (bicyclic) bond motifs is 1. The summed E-state index contributed by atoms with van der Waals surface area (Å²) >= 11 is 0. The van der Waals surface area contributed by atoms with E-state index in [2.05, 4.69) is 41.3 Å². The van der Waals surface area contributed by atoms with E-state index in [9.17, 15) is 4.39 Å². The molecule has 24 heavy (non-hydrogen) atoms. The molecular weight excluding hydrogens is 301 g/mol. The van der Waals surface area contributed by atoms with Crippen LogP contribution in [-0.4, -0.2) is 26.3 Å². The van der Waals surface area contributed by atoms with Crippen LogP contribution in [-0.2, 0) is 11.2 Å². The topological polar surface area (TPSA) is 12.5 Å². The van der Waals surface area contributed by atoms with E-state index in [1.807, 2.05) is 12.1 Å². The molecule has 0 aromatic heterocycles. The molecule has 1 fully saturated rings. The van der Waals surface area contributed by atoms with Gasteiger partial charge in [-0.15, -0.1) is 0 Å². The smallest absolute Gasteiger partial charge is 0.123 e. The molecule has 0 radical (unpaired) electrons. The molecule has 1 aliphatic heterocycles. The Balaban J connectivity index is 1.73. The van der Waals surface area contributed by atoms with Crippen LogP contribution in [0.2, 0.25) is 0 Å². The normalized spacial score (nSPS) is 15.0. The Morgan fingerprint density at radius 3 is 2.29 bits per heavy atom. The Morgan fingerprint density at radius 2 is 1.54 bits per heavy atom. The second kappa shape index (κ2) is 6.62. The molecular formula is C21H20FNO. The van der Waals surface area contributed by atoms with Gasteiger partial charge in [-0.05, 0) is 41.1 Å². The van der Waals surface area contributed by atoms with Gasteiger partial charge in [0.2, 0.25) is 0 Å². The Labute approximate surface area is 141 Å². The van der Waals surface area contributed by atoms with Gasteiger partial charge < -0.3 is 9.64 Å². The zero-order valence-corrected chi connectivity index (χ0v) is 13.5. The van der Waals surface area contributed by atoms with E-state index in [1.54, 1.807) is 0 Å². The predicted molar refractivity (Wildman–Crippen MR) is 96.2 cm³/mol. The minimum Gasteiger partial charge on any atom is -0.378 e. The highest BCUT2D eigenvalue weighted by Gasteiger charge is 2.15. The van der Waals surface area contributed by atoms with E-state index in [1.165, 1.54) is 34.2 Å². The third kappa shape index (κ3) is 3.00. The largest absolute Gasteiger partial charge is 0.378 e. The summed E-state index contributed by atoms with van der Waals surface area (Å²) in [5.74, 6) is -0.189. The van der Waals surface area contributed by atoms with Gasteiger partial charge in [0.1, 0.15) is 5.82 Å². The molecule has 1 saturated heterocycles. The fourth-order valence-electron chi connectivity index (χ4n) is 3.40. The van der Waals surface area contributed by atoms with Gasteiger partial charge in [-0.25, -0.2) is 4.39 Å². The van der Waals surface area contributed by atoms with Crippen LogP contribution in [0.1, 0.15) is 11.1 Å². The first-order valence-electron chi connectivity index (χ1n) is 8.39. The number of anilines is 1. The van der Waals surface area contributed by atoms with E-state index in [0.29, 0.717) is 0 Å². The van der Waals surface area contributed by atoms with Gasteiger partial charge in [-0.2, -0.15) is 0 Å². The molecule has 0 aliphatic carbocycles. The molecule has 0 amide bonds. The summed E-state index contributed by atoms with van der Waals surface area (Å²) < 4.78 is 18.6. The van der Waals surface area contributed by atoms with Crippen molar-refractivity contribution in [1.82, 2.24) is 0 Å². The summed E-state index contributed by atoms with van der Waals surface area (Å²) in [4.78, 5) is 2.40. The highest BCUT2D eigenvalue weighted by molar-refractivity contribution is 5.96. The molecule has 3 heteroatoms. The molecule has 122 valence electrons. The van der Waals surface area contributed by atoms with Crippen LogP contribution < -0.4 is 4.90 Å². The fraction of sp³-hybridized carbons (Fsp3) is 0.238. The first-order chi connectivity index (χ1) is 11.8. The minimum absolute atomic E-state index is 0.189. The number of morpholine rings is 1. The fourth-order valence-corrected chi connectivity index (χ4v) is 3.40. The van der Waals surface area contributed by atoms with Crippen LogP contribution in [0.5, 0.6) is 0 Å². The Kier molecular flexibility index (Phi) is 4.18. The number of hydrogen-bond donors (Lipinski definition) is 0. The molecule has 1 aliphatic rings. The van der Waals surface area contributed by atoms with Gasteiger partial charge in [0, 0.05) is 24.2 Å². The predicted octanol–water partition coefficient (Wildman–Crippen LogP) is 4.41. The third-order valence-corrected chi connectivity index (χ3v) is 4.65. The number of nitrogens with zero attached hydrogens (tertiary/aromatic N) is 1. The maximum Gasteiger partial charge on any atom is 0.123 e. The van der Waals surface area contributed by atoms with Crippen LogP contribution >= 0.6 is 0 Å². The summed E-state index contributed by atoms with van der Waals surface area (Å²) in [7, 11) is 0. The lowest BCUT2D eigenvalue weighted by Crippen LogP contribution is -2.36. The number of rotatable bonds is 3. The van der Waals surface area contributed by atoms with Crippen molar-refractivity contribution in [2.75, 3.05) is 31.2 Å². The quantitative estimate of drug-likeness (QED) is 0.709. The number of hydrogen-bond acceptors (Lipinski definition) is 2. The number of halogens is 1. The zero-order valence-electron chi connectivity index (χ0n) is 13.5. The van der Waals surface area contributed by atoms with Crippen LogP contribution in [0.3, 0.4) is 0 Å². The maximum atomic E-state index is 13.1. The first kappa shape index (κ1) is 15.2. The van der Waals surface area contributed by atoms with Crippen molar-refractivity contribution >= 4 is 16.5 Å². The molecule has 3 aromatic rings. The Bertz CT molecular complexity index is 838. The monoisotopic (exact) mass is 321 g/mol. The van der Waals surface area contributed by atoms with Gasteiger partial charge in [0.15, 0.2) is 0 Å². The molecule has 0 unspecified atom stereocenters. The van der Waals surface area contributed by atoms with Crippen molar-refractivity contribution < 1.29 is 9.13 Å². The summed E-state index contributed by atoms with van der Waals surface area (Å²) in [5, 5.41) is 2.55. The average Bonchev–Trinajstić information content (AvgIpc) is 2.64. The minimum atomic E-state index is -0.189. The lowest BCUT2D eigenvalue weighted by atomic mass is 9.97. The standard InChI is InChI=1S/C21H20FNO/c22-18-8-5-16(6-9-18)15-17-7-10-21(23-11-13-24-14-12-23)20-4-2-1-3-19(17)20/h1-10H,11-15H2.